The highest BCUT2D eigenvalue weighted by Gasteiger charge is 2.17. The molecular formula is C16H15ClN2O2. The molecule has 0 amide bonds. The van der Waals surface area contributed by atoms with E-state index in [0.29, 0.717) is 28.7 Å². The van der Waals surface area contributed by atoms with Gasteiger partial charge in [-0.1, -0.05) is 23.7 Å². The van der Waals surface area contributed by atoms with Crippen LogP contribution in [0.25, 0.3) is 16.9 Å². The van der Waals surface area contributed by atoms with E-state index in [4.69, 9.17) is 16.3 Å². The minimum absolute atomic E-state index is 0.128. The Balaban J connectivity index is 2.28. The second-order valence-corrected chi connectivity index (χ2v) is 4.95. The number of hydrogen-bond acceptors (Lipinski definition) is 3. The van der Waals surface area contributed by atoms with Crippen LogP contribution in [0.15, 0.2) is 42.6 Å². The minimum Gasteiger partial charge on any atom is -0.493 e. The lowest BCUT2D eigenvalue weighted by molar-refractivity contribution is 0.276. The van der Waals surface area contributed by atoms with E-state index in [-0.39, 0.29) is 6.61 Å². The molecule has 4 nitrogen and oxygen atoms in total. The molecule has 5 heteroatoms. The average Bonchev–Trinajstić information content (AvgIpc) is 2.88. The summed E-state index contributed by atoms with van der Waals surface area (Å²) in [6.45, 7) is 2.38. The Hall–Kier alpha value is -2.04. The van der Waals surface area contributed by atoms with Gasteiger partial charge in [0.2, 0.25) is 0 Å². The summed E-state index contributed by atoms with van der Waals surface area (Å²) in [4.78, 5) is 4.59. The van der Waals surface area contributed by atoms with Gasteiger partial charge in [-0.15, -0.1) is 0 Å². The molecule has 0 aliphatic heterocycles. The van der Waals surface area contributed by atoms with Gasteiger partial charge in [0.15, 0.2) is 5.65 Å². The highest BCUT2D eigenvalue weighted by Crippen LogP contribution is 2.33. The number of hydrogen-bond donors (Lipinski definition) is 1. The van der Waals surface area contributed by atoms with Crippen LogP contribution in [0.1, 0.15) is 12.6 Å². The molecule has 108 valence electrons. The van der Waals surface area contributed by atoms with E-state index in [2.05, 4.69) is 4.98 Å². The Morgan fingerprint density at radius 2 is 2.05 bits per heavy atom. The summed E-state index contributed by atoms with van der Waals surface area (Å²) in [6, 6.07) is 11.3. The first-order valence-corrected chi connectivity index (χ1v) is 7.12. The Bertz CT molecular complexity index is 783. The summed E-state index contributed by atoms with van der Waals surface area (Å²) in [5, 5.41) is 10.3. The van der Waals surface area contributed by atoms with E-state index in [1.54, 1.807) is 10.5 Å². The molecule has 1 aromatic carbocycles. The predicted molar refractivity (Wildman–Crippen MR) is 82.7 cm³/mol. The highest BCUT2D eigenvalue weighted by molar-refractivity contribution is 6.33. The molecule has 3 rings (SSSR count). The zero-order valence-corrected chi connectivity index (χ0v) is 12.3. The maximum absolute atomic E-state index is 9.73. The zero-order valence-electron chi connectivity index (χ0n) is 11.6. The van der Waals surface area contributed by atoms with Crippen LogP contribution < -0.4 is 4.74 Å². The van der Waals surface area contributed by atoms with Crippen molar-refractivity contribution in [1.29, 1.82) is 0 Å². The fourth-order valence-corrected chi connectivity index (χ4v) is 2.60. The Kier molecular flexibility index (Phi) is 3.82. The number of aromatic nitrogens is 2. The van der Waals surface area contributed by atoms with Crippen molar-refractivity contribution >= 4 is 17.2 Å². The quantitative estimate of drug-likeness (QED) is 0.802. The molecule has 0 radical (unpaired) electrons. The number of rotatable bonds is 4. The Morgan fingerprint density at radius 1 is 1.24 bits per heavy atom. The molecule has 0 bridgehead atoms. The third-order valence-corrected chi connectivity index (χ3v) is 3.59. The number of fused-ring (bicyclic) bond motifs is 1. The standard InChI is InChI=1S/C16H15ClN2O2/c1-2-21-14-8-4-3-6-11(14)15-13(10-20)19-9-5-7-12(17)16(19)18-15/h3-9,20H,2,10H2,1H3. The molecule has 2 heterocycles. The lowest BCUT2D eigenvalue weighted by Crippen LogP contribution is -1.97. The number of aliphatic hydroxyl groups is 1. The third-order valence-electron chi connectivity index (χ3n) is 3.29. The van der Waals surface area contributed by atoms with Crippen LogP contribution in [-0.2, 0) is 6.61 Å². The minimum atomic E-state index is -0.128. The number of ether oxygens (including phenoxy) is 1. The molecule has 1 N–H and O–H groups in total. The number of halogens is 1. The third kappa shape index (κ3) is 2.37. The summed E-state index contributed by atoms with van der Waals surface area (Å²) >= 11 is 6.19. The number of para-hydroxylation sites is 1. The number of nitrogens with zero attached hydrogens (tertiary/aromatic N) is 2. The van der Waals surface area contributed by atoms with Crippen LogP contribution in [0.2, 0.25) is 5.02 Å². The summed E-state index contributed by atoms with van der Waals surface area (Å²) in [7, 11) is 0. The van der Waals surface area contributed by atoms with E-state index >= 15 is 0 Å². The van der Waals surface area contributed by atoms with Crippen LogP contribution in [0.5, 0.6) is 5.75 Å². The van der Waals surface area contributed by atoms with Gasteiger partial charge in [-0.2, -0.15) is 0 Å². The Labute approximate surface area is 127 Å². The van der Waals surface area contributed by atoms with Crippen molar-refractivity contribution in [2.75, 3.05) is 6.61 Å². The molecular weight excluding hydrogens is 288 g/mol. The van der Waals surface area contributed by atoms with Crippen LogP contribution in [0.3, 0.4) is 0 Å². The fraction of sp³-hybridized carbons (Fsp3) is 0.188. The van der Waals surface area contributed by atoms with Gasteiger partial charge in [-0.3, -0.25) is 4.40 Å². The van der Waals surface area contributed by atoms with E-state index in [9.17, 15) is 5.11 Å². The van der Waals surface area contributed by atoms with Crippen molar-refractivity contribution in [2.45, 2.75) is 13.5 Å². The predicted octanol–water partition coefficient (Wildman–Crippen LogP) is 3.55. The van der Waals surface area contributed by atoms with Gasteiger partial charge in [-0.25, -0.2) is 4.98 Å². The van der Waals surface area contributed by atoms with Crippen molar-refractivity contribution in [3.63, 3.8) is 0 Å². The fourth-order valence-electron chi connectivity index (χ4n) is 2.39. The van der Waals surface area contributed by atoms with Gasteiger partial charge < -0.3 is 9.84 Å². The van der Waals surface area contributed by atoms with Crippen LogP contribution in [0, 0.1) is 0 Å². The molecule has 0 aliphatic rings. The topological polar surface area (TPSA) is 46.8 Å². The maximum Gasteiger partial charge on any atom is 0.156 e. The zero-order chi connectivity index (χ0) is 14.8. The van der Waals surface area contributed by atoms with E-state index in [1.165, 1.54) is 0 Å². The normalized spacial score (nSPS) is 11.0. The molecule has 0 atom stereocenters. The lowest BCUT2D eigenvalue weighted by atomic mass is 10.1. The summed E-state index contributed by atoms with van der Waals surface area (Å²) in [5.41, 5.74) is 2.86. The van der Waals surface area contributed by atoms with E-state index in [1.807, 2.05) is 43.5 Å². The highest BCUT2D eigenvalue weighted by atomic mass is 35.5. The van der Waals surface area contributed by atoms with Crippen LogP contribution in [-0.4, -0.2) is 21.1 Å². The van der Waals surface area contributed by atoms with Crippen molar-refractivity contribution in [3.8, 4) is 17.0 Å². The number of aliphatic hydroxyl groups excluding tert-OH is 1. The first-order chi connectivity index (χ1) is 10.3. The van der Waals surface area contributed by atoms with Crippen molar-refractivity contribution in [1.82, 2.24) is 9.38 Å². The number of benzene rings is 1. The second-order valence-electron chi connectivity index (χ2n) is 4.54. The molecule has 0 spiro atoms. The Morgan fingerprint density at radius 3 is 2.81 bits per heavy atom. The molecule has 21 heavy (non-hydrogen) atoms. The molecule has 0 fully saturated rings. The van der Waals surface area contributed by atoms with Gasteiger partial charge in [0.1, 0.15) is 5.75 Å². The van der Waals surface area contributed by atoms with E-state index < -0.39 is 0 Å². The van der Waals surface area contributed by atoms with Gasteiger partial charge in [0.05, 0.1) is 29.6 Å². The number of imidazole rings is 1. The van der Waals surface area contributed by atoms with Gasteiger partial charge in [0, 0.05) is 11.8 Å². The molecule has 0 unspecified atom stereocenters. The smallest absolute Gasteiger partial charge is 0.156 e. The molecule has 0 saturated heterocycles. The SMILES string of the molecule is CCOc1ccccc1-c1nc2c(Cl)cccn2c1CO. The molecule has 3 aromatic rings. The van der Waals surface area contributed by atoms with E-state index in [0.717, 1.165) is 11.3 Å². The van der Waals surface area contributed by atoms with Crippen molar-refractivity contribution < 1.29 is 9.84 Å². The summed E-state index contributed by atoms with van der Waals surface area (Å²) < 4.78 is 7.46. The van der Waals surface area contributed by atoms with Gasteiger partial charge in [-0.05, 0) is 31.2 Å². The first kappa shape index (κ1) is 13.9. The lowest BCUT2D eigenvalue weighted by Gasteiger charge is -2.09. The van der Waals surface area contributed by atoms with Gasteiger partial charge >= 0.3 is 0 Å². The van der Waals surface area contributed by atoms with Gasteiger partial charge in [0.25, 0.3) is 0 Å². The molecule has 0 saturated carbocycles. The first-order valence-electron chi connectivity index (χ1n) is 6.74. The summed E-state index contributed by atoms with van der Waals surface area (Å²) in [6.07, 6.45) is 1.84. The largest absolute Gasteiger partial charge is 0.493 e. The average molecular weight is 303 g/mol. The van der Waals surface area contributed by atoms with Crippen molar-refractivity contribution in [3.05, 3.63) is 53.3 Å². The monoisotopic (exact) mass is 302 g/mol. The molecule has 2 aromatic heterocycles. The van der Waals surface area contributed by atoms with Crippen molar-refractivity contribution in [2.24, 2.45) is 0 Å². The number of pyridine rings is 1. The van der Waals surface area contributed by atoms with Crippen LogP contribution in [0.4, 0.5) is 0 Å². The summed E-state index contributed by atoms with van der Waals surface area (Å²) in [5.74, 6) is 0.745. The second kappa shape index (κ2) is 5.76. The van der Waals surface area contributed by atoms with Crippen LogP contribution >= 0.6 is 11.6 Å². The maximum atomic E-state index is 9.73. The molecule has 0 aliphatic carbocycles.